The molecule has 4 aliphatic rings. The van der Waals surface area contributed by atoms with Gasteiger partial charge in [-0.3, -0.25) is 9.59 Å². The Labute approximate surface area is 176 Å². The van der Waals surface area contributed by atoms with Crippen LogP contribution in [0.3, 0.4) is 0 Å². The molecule has 4 rings (SSSR count). The molecule has 1 unspecified atom stereocenters. The summed E-state index contributed by atoms with van der Waals surface area (Å²) in [5.74, 6) is -1.00. The van der Waals surface area contributed by atoms with Gasteiger partial charge in [-0.1, -0.05) is 32.4 Å². The van der Waals surface area contributed by atoms with Crippen molar-refractivity contribution in [3.05, 3.63) is 23.8 Å². The zero-order chi connectivity index (χ0) is 20.7. The highest BCUT2D eigenvalue weighted by Crippen LogP contribution is 2.71. The van der Waals surface area contributed by atoms with E-state index in [-0.39, 0.29) is 41.6 Å². The lowest BCUT2D eigenvalue weighted by molar-refractivity contribution is -0.175. The maximum absolute atomic E-state index is 12.7. The van der Waals surface area contributed by atoms with Crippen LogP contribution < -0.4 is 0 Å². The number of Topliss-reactive ketones (excluding diaryl/α,β-unsaturated/α-hetero) is 1. The van der Waals surface area contributed by atoms with Gasteiger partial charge in [-0.25, -0.2) is 0 Å². The minimum absolute atomic E-state index is 0.00929. The van der Waals surface area contributed by atoms with Gasteiger partial charge in [-0.05, 0) is 55.6 Å². The van der Waals surface area contributed by atoms with Crippen molar-refractivity contribution in [3.8, 4) is 0 Å². The van der Waals surface area contributed by atoms with E-state index >= 15 is 0 Å². The van der Waals surface area contributed by atoms with Gasteiger partial charge in [0, 0.05) is 10.8 Å². The van der Waals surface area contributed by atoms with Crippen LogP contribution in [0, 0.1) is 28.6 Å². The van der Waals surface area contributed by atoms with E-state index in [9.17, 15) is 19.8 Å². The van der Waals surface area contributed by atoms with Gasteiger partial charge in [0.05, 0.1) is 16.9 Å². The Kier molecular flexibility index (Phi) is 4.53. The Morgan fingerprint density at radius 1 is 1.32 bits per heavy atom. The lowest BCUT2D eigenvalue weighted by Gasteiger charge is -2.63. The van der Waals surface area contributed by atoms with Gasteiger partial charge in [-0.2, -0.15) is 0 Å². The van der Waals surface area contributed by atoms with E-state index in [1.165, 1.54) is 0 Å². The van der Waals surface area contributed by atoms with Crippen molar-refractivity contribution in [2.24, 2.45) is 28.6 Å². The Balaban J connectivity index is 1.84. The summed E-state index contributed by atoms with van der Waals surface area (Å²) in [6.45, 7) is 5.81. The van der Waals surface area contributed by atoms with Crippen LogP contribution in [0.4, 0.5) is 0 Å². The monoisotopic (exact) mass is 426 g/mol. The number of fused-ring (bicyclic) bond motifs is 5. The van der Waals surface area contributed by atoms with Crippen LogP contribution in [0.1, 0.15) is 46.5 Å². The molecule has 0 amide bonds. The van der Waals surface area contributed by atoms with Gasteiger partial charge in [0.1, 0.15) is 5.60 Å². The Morgan fingerprint density at radius 2 is 2.00 bits per heavy atom. The van der Waals surface area contributed by atoms with Crippen LogP contribution in [-0.4, -0.2) is 44.2 Å². The molecule has 2 N–H and O–H groups in total. The molecule has 4 aliphatic carbocycles. The Morgan fingerprint density at radius 3 is 2.64 bits per heavy atom. The van der Waals surface area contributed by atoms with Crippen LogP contribution in [-0.2, 0) is 9.59 Å². The number of allylic oxidation sites excluding steroid dienone is 4. The summed E-state index contributed by atoms with van der Waals surface area (Å²) in [6, 6.07) is 0. The lowest BCUT2D eigenvalue weighted by Crippen LogP contribution is -2.68. The number of hydrogen-bond acceptors (Lipinski definition) is 4. The molecule has 154 valence electrons. The minimum Gasteiger partial charge on any atom is -0.391 e. The molecular weight excluding hydrogens is 399 g/mol. The number of carbonyl (C=O) groups excluding carboxylic acids is 2. The number of hydrogen-bond donors (Lipinski definition) is 2. The largest absolute Gasteiger partial charge is 0.391 e. The maximum Gasteiger partial charge on any atom is 0.179 e. The zero-order valence-corrected chi connectivity index (χ0v) is 18.1. The van der Waals surface area contributed by atoms with Crippen molar-refractivity contribution in [1.82, 2.24) is 0 Å². The van der Waals surface area contributed by atoms with E-state index in [0.717, 1.165) is 18.4 Å². The van der Waals surface area contributed by atoms with E-state index in [0.29, 0.717) is 6.42 Å². The van der Waals surface area contributed by atoms with Gasteiger partial charge in [-0.15, -0.1) is 23.2 Å². The van der Waals surface area contributed by atoms with E-state index in [1.54, 1.807) is 12.2 Å². The summed E-state index contributed by atoms with van der Waals surface area (Å²) in [6.07, 6.45) is 6.47. The summed E-state index contributed by atoms with van der Waals surface area (Å²) in [4.78, 5) is 23.7. The summed E-state index contributed by atoms with van der Waals surface area (Å²) in [7, 11) is 0. The van der Waals surface area contributed by atoms with Crippen LogP contribution in [0.2, 0.25) is 0 Å². The SMILES string of the molecule is CC1C[C@H]2[C@@H]3CCC4=CC(=O)C=C[C@]4(C)[C@@]3(Cl)[C@@H](O)C[C@]2(C)[C@@]1(O)C(=O)CCl. The van der Waals surface area contributed by atoms with Crippen molar-refractivity contribution >= 4 is 34.8 Å². The highest BCUT2D eigenvalue weighted by molar-refractivity contribution is 6.29. The van der Waals surface area contributed by atoms with E-state index in [1.807, 2.05) is 26.8 Å². The van der Waals surface area contributed by atoms with Gasteiger partial charge < -0.3 is 10.2 Å². The third kappa shape index (κ3) is 2.16. The van der Waals surface area contributed by atoms with E-state index in [4.69, 9.17) is 23.2 Å². The third-order valence-corrected chi connectivity index (χ3v) is 9.94. The maximum atomic E-state index is 12.7. The molecule has 0 radical (unpaired) electrons. The van der Waals surface area contributed by atoms with Crippen molar-refractivity contribution in [1.29, 1.82) is 0 Å². The molecule has 0 aliphatic heterocycles. The fourth-order valence-corrected chi connectivity index (χ4v) is 7.97. The van der Waals surface area contributed by atoms with Crippen molar-refractivity contribution < 1.29 is 19.8 Å². The molecule has 0 saturated heterocycles. The van der Waals surface area contributed by atoms with Crippen molar-refractivity contribution in [2.45, 2.75) is 63.0 Å². The number of aliphatic hydroxyl groups excluding tert-OH is 1. The molecule has 4 nitrogen and oxygen atoms in total. The van der Waals surface area contributed by atoms with Crippen LogP contribution in [0.15, 0.2) is 23.8 Å². The van der Waals surface area contributed by atoms with Gasteiger partial charge >= 0.3 is 0 Å². The Hall–Kier alpha value is -0.680. The van der Waals surface area contributed by atoms with Crippen molar-refractivity contribution in [3.63, 3.8) is 0 Å². The first-order valence-electron chi connectivity index (χ1n) is 10.1. The second-order valence-corrected chi connectivity index (χ2v) is 10.6. The molecule has 0 aromatic rings. The molecule has 3 fully saturated rings. The first kappa shape index (κ1) is 20.6. The van der Waals surface area contributed by atoms with Gasteiger partial charge in [0.15, 0.2) is 11.6 Å². The van der Waals surface area contributed by atoms with Crippen LogP contribution >= 0.6 is 23.2 Å². The van der Waals surface area contributed by atoms with Crippen molar-refractivity contribution in [2.75, 3.05) is 5.88 Å². The first-order chi connectivity index (χ1) is 13.0. The number of ketones is 2. The topological polar surface area (TPSA) is 74.6 Å². The van der Waals surface area contributed by atoms with E-state index < -0.39 is 27.4 Å². The fourth-order valence-electron chi connectivity index (χ4n) is 7.24. The zero-order valence-electron chi connectivity index (χ0n) is 16.5. The average molecular weight is 427 g/mol. The smallest absolute Gasteiger partial charge is 0.179 e. The third-order valence-electron chi connectivity index (χ3n) is 8.77. The van der Waals surface area contributed by atoms with Crippen LogP contribution in [0.5, 0.6) is 0 Å². The predicted molar refractivity (Wildman–Crippen MR) is 108 cm³/mol. The molecule has 0 heterocycles. The lowest BCUT2D eigenvalue weighted by atomic mass is 9.45. The summed E-state index contributed by atoms with van der Waals surface area (Å²) >= 11 is 13.2. The standard InChI is InChI=1S/C22H28Cl2O4/c1-12-8-16-15-5-4-13-9-14(25)6-7-19(13,2)21(15,24)17(26)10-20(16,3)22(12,28)18(27)11-23/h6-7,9,12,15-17,26,28H,4-5,8,10-11H2,1-3H3/t12?,15-,16-,17-,19-,20-,21-,22-/m0/s1. The number of rotatable bonds is 2. The number of carbonyl (C=O) groups is 2. The molecule has 3 saturated carbocycles. The normalized spacial score (nSPS) is 52.5. The molecule has 28 heavy (non-hydrogen) atoms. The number of halogens is 2. The minimum atomic E-state index is -1.56. The second-order valence-electron chi connectivity index (χ2n) is 9.72. The molecular formula is C22H28Cl2O4. The quantitative estimate of drug-likeness (QED) is 0.663. The molecule has 0 aromatic heterocycles. The molecule has 8 atom stereocenters. The van der Waals surface area contributed by atoms with Gasteiger partial charge in [0.2, 0.25) is 0 Å². The highest BCUT2D eigenvalue weighted by atomic mass is 35.5. The molecule has 0 spiro atoms. The highest BCUT2D eigenvalue weighted by Gasteiger charge is 2.74. The van der Waals surface area contributed by atoms with E-state index in [2.05, 4.69) is 0 Å². The summed E-state index contributed by atoms with van der Waals surface area (Å²) in [5.41, 5.74) is -2.01. The number of alkyl halides is 2. The molecule has 0 bridgehead atoms. The molecule has 0 aromatic carbocycles. The molecule has 6 heteroatoms. The van der Waals surface area contributed by atoms with Gasteiger partial charge in [0.25, 0.3) is 0 Å². The summed E-state index contributed by atoms with van der Waals surface area (Å²) in [5, 5.41) is 22.9. The first-order valence-corrected chi connectivity index (χ1v) is 11.0. The summed E-state index contributed by atoms with van der Waals surface area (Å²) < 4.78 is 0. The fraction of sp³-hybridized carbons (Fsp3) is 0.727. The predicted octanol–water partition coefficient (Wildman–Crippen LogP) is 3.41. The van der Waals surface area contributed by atoms with Crippen LogP contribution in [0.25, 0.3) is 0 Å². The average Bonchev–Trinajstić information content (AvgIpc) is 2.84. The Bertz CT molecular complexity index is 806. The second kappa shape index (κ2) is 6.16. The number of aliphatic hydroxyl groups is 2.